The molecule has 0 fully saturated rings. The summed E-state index contributed by atoms with van der Waals surface area (Å²) in [6, 6.07) is 5.51. The van der Waals surface area contributed by atoms with Gasteiger partial charge in [-0.1, -0.05) is 6.07 Å². The highest BCUT2D eigenvalue weighted by Gasteiger charge is 2.09. The molecule has 0 unspecified atom stereocenters. The van der Waals surface area contributed by atoms with E-state index in [0.29, 0.717) is 5.56 Å². The third-order valence-electron chi connectivity index (χ3n) is 2.10. The predicted octanol–water partition coefficient (Wildman–Crippen LogP) is 2.91. The lowest BCUT2D eigenvalue weighted by molar-refractivity contribution is 0.0696. The zero-order valence-electron chi connectivity index (χ0n) is 7.07. The van der Waals surface area contributed by atoms with Gasteiger partial charge in [0.05, 0.1) is 5.56 Å². The highest BCUT2D eigenvalue weighted by molar-refractivity contribution is 7.17. The zero-order chi connectivity index (χ0) is 9.42. The number of carbonyl (C=O) groups is 1. The van der Waals surface area contributed by atoms with Crippen molar-refractivity contribution in [1.82, 2.24) is 0 Å². The molecule has 1 N–H and O–H groups in total. The summed E-state index contributed by atoms with van der Waals surface area (Å²) in [5, 5.41) is 12.0. The monoisotopic (exact) mass is 192 g/mol. The van der Waals surface area contributed by atoms with Crippen molar-refractivity contribution in [2.24, 2.45) is 0 Å². The average Bonchev–Trinajstić information content (AvgIpc) is 2.52. The molecule has 0 radical (unpaired) electrons. The summed E-state index contributed by atoms with van der Waals surface area (Å²) >= 11 is 1.58. The Morgan fingerprint density at radius 2 is 2.15 bits per heavy atom. The first-order valence-electron chi connectivity index (χ1n) is 3.90. The molecule has 66 valence electrons. The van der Waals surface area contributed by atoms with Gasteiger partial charge < -0.3 is 5.11 Å². The van der Waals surface area contributed by atoms with Crippen molar-refractivity contribution >= 4 is 27.4 Å². The molecule has 0 spiro atoms. The molecule has 2 rings (SSSR count). The molecular formula is C10H8O2S. The number of aromatic carboxylic acids is 1. The van der Waals surface area contributed by atoms with Crippen LogP contribution in [0.3, 0.4) is 0 Å². The van der Waals surface area contributed by atoms with E-state index in [9.17, 15) is 4.79 Å². The van der Waals surface area contributed by atoms with Crippen LogP contribution in [-0.4, -0.2) is 11.1 Å². The summed E-state index contributed by atoms with van der Waals surface area (Å²) in [5.41, 5.74) is 1.26. The maximum Gasteiger partial charge on any atom is 0.336 e. The van der Waals surface area contributed by atoms with Crippen molar-refractivity contribution in [2.45, 2.75) is 6.92 Å². The van der Waals surface area contributed by atoms with Crippen LogP contribution in [-0.2, 0) is 0 Å². The topological polar surface area (TPSA) is 37.3 Å². The van der Waals surface area contributed by atoms with E-state index < -0.39 is 5.97 Å². The number of carboxylic acid groups (broad SMARTS) is 1. The molecule has 0 aliphatic rings. The lowest BCUT2D eigenvalue weighted by Crippen LogP contribution is -1.98. The molecule has 0 saturated heterocycles. The number of benzene rings is 1. The molecule has 1 heterocycles. The van der Waals surface area contributed by atoms with Crippen molar-refractivity contribution in [3.05, 3.63) is 34.7 Å². The van der Waals surface area contributed by atoms with E-state index >= 15 is 0 Å². The van der Waals surface area contributed by atoms with E-state index in [1.165, 1.54) is 0 Å². The summed E-state index contributed by atoms with van der Waals surface area (Å²) in [7, 11) is 0. The van der Waals surface area contributed by atoms with Gasteiger partial charge in [-0.2, -0.15) is 0 Å². The number of thiophene rings is 1. The summed E-state index contributed by atoms with van der Waals surface area (Å²) < 4.78 is 1.07. The molecule has 3 heteroatoms. The van der Waals surface area contributed by atoms with E-state index in [1.54, 1.807) is 17.4 Å². The molecule has 1 aromatic heterocycles. The van der Waals surface area contributed by atoms with Gasteiger partial charge in [-0.3, -0.25) is 0 Å². The van der Waals surface area contributed by atoms with Crippen LogP contribution >= 0.6 is 11.3 Å². The normalized spacial score (nSPS) is 10.5. The Bertz CT molecular complexity index is 471. The van der Waals surface area contributed by atoms with Crippen LogP contribution in [0.4, 0.5) is 0 Å². The van der Waals surface area contributed by atoms with E-state index in [2.05, 4.69) is 0 Å². The fraction of sp³-hybridized carbons (Fsp3) is 0.100. The molecular weight excluding hydrogens is 184 g/mol. The van der Waals surface area contributed by atoms with Crippen molar-refractivity contribution in [1.29, 1.82) is 0 Å². The number of hydrogen-bond acceptors (Lipinski definition) is 2. The largest absolute Gasteiger partial charge is 0.478 e. The lowest BCUT2D eigenvalue weighted by atomic mass is 10.1. The maximum atomic E-state index is 10.8. The van der Waals surface area contributed by atoms with Gasteiger partial charge in [0.2, 0.25) is 0 Å². The van der Waals surface area contributed by atoms with Crippen LogP contribution in [0.15, 0.2) is 23.6 Å². The number of rotatable bonds is 1. The van der Waals surface area contributed by atoms with Crippen LogP contribution in [0, 0.1) is 6.92 Å². The van der Waals surface area contributed by atoms with E-state index in [4.69, 9.17) is 5.11 Å². The molecule has 0 aliphatic heterocycles. The second kappa shape index (κ2) is 2.85. The molecule has 0 bridgehead atoms. The zero-order valence-corrected chi connectivity index (χ0v) is 7.89. The average molecular weight is 192 g/mol. The Kier molecular flexibility index (Phi) is 1.81. The van der Waals surface area contributed by atoms with Gasteiger partial charge in [-0.15, -0.1) is 11.3 Å². The standard InChI is InChI=1S/C10H8O2S/c1-6-8(10(11)12)3-2-7-4-5-13-9(6)7/h2-5H,1H3,(H,11,12). The first kappa shape index (κ1) is 8.26. The smallest absolute Gasteiger partial charge is 0.336 e. The van der Waals surface area contributed by atoms with Crippen molar-refractivity contribution in [3.63, 3.8) is 0 Å². The fourth-order valence-electron chi connectivity index (χ4n) is 1.41. The minimum absolute atomic E-state index is 0.398. The first-order chi connectivity index (χ1) is 6.20. The van der Waals surface area contributed by atoms with Gasteiger partial charge in [-0.25, -0.2) is 4.79 Å². The van der Waals surface area contributed by atoms with Crippen LogP contribution in [0.2, 0.25) is 0 Å². The molecule has 0 saturated carbocycles. The van der Waals surface area contributed by atoms with Crippen molar-refractivity contribution < 1.29 is 9.90 Å². The Labute approximate surface area is 79.4 Å². The van der Waals surface area contributed by atoms with E-state index in [1.807, 2.05) is 24.4 Å². The Hall–Kier alpha value is -1.35. The molecule has 0 atom stereocenters. The van der Waals surface area contributed by atoms with Crippen molar-refractivity contribution in [2.75, 3.05) is 0 Å². The predicted molar refractivity (Wildman–Crippen MR) is 53.5 cm³/mol. The number of hydrogen-bond donors (Lipinski definition) is 1. The van der Waals surface area contributed by atoms with Crippen molar-refractivity contribution in [3.8, 4) is 0 Å². The highest BCUT2D eigenvalue weighted by atomic mass is 32.1. The Morgan fingerprint density at radius 3 is 2.85 bits per heavy atom. The van der Waals surface area contributed by atoms with Gasteiger partial charge in [-0.05, 0) is 35.4 Å². The third-order valence-corrected chi connectivity index (χ3v) is 3.15. The molecule has 0 aliphatic carbocycles. The van der Waals surface area contributed by atoms with Crippen LogP contribution in [0.1, 0.15) is 15.9 Å². The minimum Gasteiger partial charge on any atom is -0.478 e. The quantitative estimate of drug-likeness (QED) is 0.754. The Balaban J connectivity index is 2.80. The third kappa shape index (κ3) is 1.21. The van der Waals surface area contributed by atoms with Crippen LogP contribution in [0.25, 0.3) is 10.1 Å². The second-order valence-corrected chi connectivity index (χ2v) is 3.80. The number of carboxylic acids is 1. The summed E-state index contributed by atoms with van der Waals surface area (Å²) in [5.74, 6) is -0.854. The number of aryl methyl sites for hydroxylation is 1. The van der Waals surface area contributed by atoms with Gasteiger partial charge in [0.25, 0.3) is 0 Å². The fourth-order valence-corrected chi connectivity index (χ4v) is 2.32. The SMILES string of the molecule is Cc1c(C(=O)O)ccc2ccsc12. The maximum absolute atomic E-state index is 10.8. The Morgan fingerprint density at radius 1 is 1.38 bits per heavy atom. The van der Waals surface area contributed by atoms with Crippen LogP contribution in [0.5, 0.6) is 0 Å². The van der Waals surface area contributed by atoms with Gasteiger partial charge in [0, 0.05) is 4.70 Å². The van der Waals surface area contributed by atoms with Gasteiger partial charge in [0.1, 0.15) is 0 Å². The molecule has 0 amide bonds. The number of fused-ring (bicyclic) bond motifs is 1. The molecule has 2 aromatic rings. The molecule has 13 heavy (non-hydrogen) atoms. The second-order valence-electron chi connectivity index (χ2n) is 2.88. The van der Waals surface area contributed by atoms with Gasteiger partial charge in [0.15, 0.2) is 0 Å². The highest BCUT2D eigenvalue weighted by Crippen LogP contribution is 2.26. The summed E-state index contributed by atoms with van der Waals surface area (Å²) in [4.78, 5) is 10.8. The lowest BCUT2D eigenvalue weighted by Gasteiger charge is -2.00. The minimum atomic E-state index is -0.854. The van der Waals surface area contributed by atoms with Gasteiger partial charge >= 0.3 is 5.97 Å². The van der Waals surface area contributed by atoms with E-state index in [-0.39, 0.29) is 0 Å². The summed E-state index contributed by atoms with van der Waals surface area (Å²) in [6.45, 7) is 1.85. The molecule has 2 nitrogen and oxygen atoms in total. The van der Waals surface area contributed by atoms with E-state index in [0.717, 1.165) is 15.6 Å². The summed E-state index contributed by atoms with van der Waals surface area (Å²) in [6.07, 6.45) is 0. The first-order valence-corrected chi connectivity index (χ1v) is 4.78. The van der Waals surface area contributed by atoms with Crippen LogP contribution < -0.4 is 0 Å². The molecule has 1 aromatic carbocycles.